The Bertz CT molecular complexity index is 825. The van der Waals surface area contributed by atoms with Crippen LogP contribution in [0.2, 0.25) is 10.0 Å². The summed E-state index contributed by atoms with van der Waals surface area (Å²) in [5, 5.41) is 0.796. The van der Waals surface area contributed by atoms with Crippen LogP contribution >= 0.6 is 23.2 Å². The maximum Gasteiger partial charge on any atom is 0.337 e. The van der Waals surface area contributed by atoms with Gasteiger partial charge in [0.1, 0.15) is 5.82 Å². The standard InChI is InChI=1S/C14H9Cl2N3O2/c1-21-14(20)7-2-3-10-11(4-7)19-13(18-10)12-8(15)5-17-6-9(12)16/h2-6H,1H3,(H,18,19). The van der Waals surface area contributed by atoms with Crippen molar-refractivity contribution in [2.24, 2.45) is 0 Å². The fourth-order valence-corrected chi connectivity index (χ4v) is 2.55. The fourth-order valence-electron chi connectivity index (χ4n) is 2.01. The summed E-state index contributed by atoms with van der Waals surface area (Å²) >= 11 is 12.2. The zero-order chi connectivity index (χ0) is 15.0. The molecule has 0 fully saturated rings. The van der Waals surface area contributed by atoms with Crippen LogP contribution in [-0.2, 0) is 4.74 Å². The summed E-state index contributed by atoms with van der Waals surface area (Å²) in [7, 11) is 1.33. The van der Waals surface area contributed by atoms with E-state index in [-0.39, 0.29) is 0 Å². The maximum atomic E-state index is 11.5. The van der Waals surface area contributed by atoms with Crippen LogP contribution in [0.4, 0.5) is 0 Å². The van der Waals surface area contributed by atoms with Crippen molar-refractivity contribution >= 4 is 40.2 Å². The van der Waals surface area contributed by atoms with E-state index >= 15 is 0 Å². The molecule has 0 bridgehead atoms. The molecule has 0 spiro atoms. The number of methoxy groups -OCH3 is 1. The zero-order valence-corrected chi connectivity index (χ0v) is 12.4. The summed E-state index contributed by atoms with van der Waals surface area (Å²) in [6.07, 6.45) is 2.99. The summed E-state index contributed by atoms with van der Waals surface area (Å²) in [5.74, 6) is 0.109. The number of aromatic amines is 1. The van der Waals surface area contributed by atoms with Crippen molar-refractivity contribution in [3.8, 4) is 11.4 Å². The highest BCUT2D eigenvalue weighted by Crippen LogP contribution is 2.33. The van der Waals surface area contributed by atoms with Crippen molar-refractivity contribution in [2.45, 2.75) is 0 Å². The highest BCUT2D eigenvalue weighted by Gasteiger charge is 2.14. The first-order valence-corrected chi connectivity index (χ1v) is 6.73. The Hall–Kier alpha value is -2.11. The Kier molecular flexibility index (Phi) is 3.53. The number of pyridine rings is 1. The number of ether oxygens (including phenoxy) is 1. The predicted octanol–water partition coefficient (Wildman–Crippen LogP) is 3.72. The van der Waals surface area contributed by atoms with Gasteiger partial charge in [-0.3, -0.25) is 4.98 Å². The molecule has 0 radical (unpaired) electrons. The van der Waals surface area contributed by atoms with E-state index in [0.29, 0.717) is 38.0 Å². The average Bonchev–Trinajstić information content (AvgIpc) is 2.88. The lowest BCUT2D eigenvalue weighted by molar-refractivity contribution is 0.0601. The molecule has 7 heteroatoms. The number of fused-ring (bicyclic) bond motifs is 1. The first-order chi connectivity index (χ1) is 10.1. The second kappa shape index (κ2) is 5.35. The molecule has 5 nitrogen and oxygen atoms in total. The number of halogens is 2. The number of benzene rings is 1. The van der Waals surface area contributed by atoms with Crippen LogP contribution in [0.1, 0.15) is 10.4 Å². The predicted molar refractivity (Wildman–Crippen MR) is 80.7 cm³/mol. The molecule has 21 heavy (non-hydrogen) atoms. The van der Waals surface area contributed by atoms with Gasteiger partial charge in [-0.05, 0) is 18.2 Å². The fraction of sp³-hybridized carbons (Fsp3) is 0.0714. The van der Waals surface area contributed by atoms with Gasteiger partial charge in [0.15, 0.2) is 0 Å². The van der Waals surface area contributed by atoms with Gasteiger partial charge in [-0.15, -0.1) is 0 Å². The van der Waals surface area contributed by atoms with Crippen LogP contribution in [0, 0.1) is 0 Å². The molecule has 0 aliphatic carbocycles. The number of H-pyrrole nitrogens is 1. The van der Waals surface area contributed by atoms with Crippen molar-refractivity contribution in [1.82, 2.24) is 15.0 Å². The van der Waals surface area contributed by atoms with Gasteiger partial charge in [0, 0.05) is 12.4 Å². The number of rotatable bonds is 2. The van der Waals surface area contributed by atoms with Crippen LogP contribution in [0.25, 0.3) is 22.4 Å². The van der Waals surface area contributed by atoms with Gasteiger partial charge in [0.25, 0.3) is 0 Å². The number of nitrogens with one attached hydrogen (secondary N) is 1. The summed E-state index contributed by atoms with van der Waals surface area (Å²) in [6, 6.07) is 5.04. The molecule has 0 unspecified atom stereocenters. The Balaban J connectivity index is 2.15. The van der Waals surface area contributed by atoms with E-state index < -0.39 is 5.97 Å². The molecule has 0 saturated heterocycles. The summed E-state index contributed by atoms with van der Waals surface area (Å²) in [6.45, 7) is 0. The van der Waals surface area contributed by atoms with Gasteiger partial charge in [-0.25, -0.2) is 9.78 Å². The summed E-state index contributed by atoms with van der Waals surface area (Å²) in [5.41, 5.74) is 2.40. The summed E-state index contributed by atoms with van der Waals surface area (Å²) < 4.78 is 4.69. The lowest BCUT2D eigenvalue weighted by Gasteiger charge is -2.01. The largest absolute Gasteiger partial charge is 0.465 e. The van der Waals surface area contributed by atoms with Gasteiger partial charge >= 0.3 is 5.97 Å². The van der Waals surface area contributed by atoms with Crippen molar-refractivity contribution < 1.29 is 9.53 Å². The van der Waals surface area contributed by atoms with E-state index in [1.807, 2.05) is 0 Å². The van der Waals surface area contributed by atoms with Crippen molar-refractivity contribution in [3.63, 3.8) is 0 Å². The second-order valence-corrected chi connectivity index (χ2v) is 5.10. The zero-order valence-electron chi connectivity index (χ0n) is 10.9. The summed E-state index contributed by atoms with van der Waals surface area (Å²) in [4.78, 5) is 23.0. The van der Waals surface area contributed by atoms with E-state index in [9.17, 15) is 4.79 Å². The monoisotopic (exact) mass is 321 g/mol. The smallest absolute Gasteiger partial charge is 0.337 e. The average molecular weight is 322 g/mol. The van der Waals surface area contributed by atoms with Gasteiger partial charge in [-0.2, -0.15) is 0 Å². The molecule has 0 amide bonds. The van der Waals surface area contributed by atoms with Crippen molar-refractivity contribution in [1.29, 1.82) is 0 Å². The molecule has 1 N–H and O–H groups in total. The minimum absolute atomic E-state index is 0.398. The first kappa shape index (κ1) is 13.9. The van der Waals surface area contributed by atoms with E-state index in [1.165, 1.54) is 19.5 Å². The van der Waals surface area contributed by atoms with Crippen LogP contribution < -0.4 is 0 Å². The van der Waals surface area contributed by atoms with Gasteiger partial charge < -0.3 is 9.72 Å². The number of hydrogen-bond acceptors (Lipinski definition) is 4. The van der Waals surface area contributed by atoms with Crippen molar-refractivity contribution in [2.75, 3.05) is 7.11 Å². The van der Waals surface area contributed by atoms with Crippen LogP contribution in [0.3, 0.4) is 0 Å². The molecule has 3 aromatic rings. The van der Waals surface area contributed by atoms with Crippen LogP contribution in [0.15, 0.2) is 30.6 Å². The quantitative estimate of drug-likeness (QED) is 0.730. The molecule has 0 aliphatic rings. The molecule has 2 heterocycles. The Labute approximate surface area is 129 Å². The Morgan fingerprint density at radius 1 is 1.24 bits per heavy atom. The number of carbonyl (C=O) groups excluding carboxylic acids is 1. The molecule has 106 valence electrons. The first-order valence-electron chi connectivity index (χ1n) is 5.97. The number of carbonyl (C=O) groups is 1. The third-order valence-corrected chi connectivity index (χ3v) is 3.57. The highest BCUT2D eigenvalue weighted by atomic mass is 35.5. The number of nitrogens with zero attached hydrogens (tertiary/aromatic N) is 2. The van der Waals surface area contributed by atoms with Gasteiger partial charge in [0.05, 0.1) is 39.3 Å². The molecule has 0 atom stereocenters. The molecular weight excluding hydrogens is 313 g/mol. The minimum atomic E-state index is -0.409. The maximum absolute atomic E-state index is 11.5. The van der Waals surface area contributed by atoms with Crippen LogP contribution in [-0.4, -0.2) is 28.0 Å². The Morgan fingerprint density at radius 2 is 1.95 bits per heavy atom. The van der Waals surface area contributed by atoms with E-state index in [4.69, 9.17) is 27.9 Å². The van der Waals surface area contributed by atoms with Crippen molar-refractivity contribution in [3.05, 3.63) is 46.2 Å². The lowest BCUT2D eigenvalue weighted by Crippen LogP contribution is -2.00. The molecule has 3 rings (SSSR count). The third-order valence-electron chi connectivity index (χ3n) is 2.99. The molecule has 1 aromatic carbocycles. The highest BCUT2D eigenvalue weighted by molar-refractivity contribution is 6.38. The molecule has 0 saturated carbocycles. The van der Waals surface area contributed by atoms with E-state index in [0.717, 1.165) is 0 Å². The Morgan fingerprint density at radius 3 is 2.62 bits per heavy atom. The van der Waals surface area contributed by atoms with Crippen LogP contribution in [0.5, 0.6) is 0 Å². The third kappa shape index (κ3) is 2.46. The lowest BCUT2D eigenvalue weighted by atomic mass is 10.2. The number of imidazole rings is 1. The number of aromatic nitrogens is 3. The topological polar surface area (TPSA) is 67.9 Å². The SMILES string of the molecule is COC(=O)c1ccc2nc(-c3c(Cl)cncc3Cl)[nH]c2c1. The normalized spacial score (nSPS) is 10.8. The van der Waals surface area contributed by atoms with E-state index in [1.54, 1.807) is 18.2 Å². The van der Waals surface area contributed by atoms with E-state index in [2.05, 4.69) is 15.0 Å². The minimum Gasteiger partial charge on any atom is -0.465 e. The number of esters is 1. The molecule has 0 aliphatic heterocycles. The molecular formula is C14H9Cl2N3O2. The van der Waals surface area contributed by atoms with Gasteiger partial charge in [0.2, 0.25) is 0 Å². The second-order valence-electron chi connectivity index (χ2n) is 4.29. The van der Waals surface area contributed by atoms with Gasteiger partial charge in [-0.1, -0.05) is 23.2 Å². The number of hydrogen-bond donors (Lipinski definition) is 1. The molecule has 2 aromatic heterocycles.